The molecule has 0 radical (unpaired) electrons. The van der Waals surface area contributed by atoms with E-state index in [-0.39, 0.29) is 11.3 Å². The lowest BCUT2D eigenvalue weighted by Gasteiger charge is -2.06. The number of nitrogens with one attached hydrogen (secondary N) is 1. The summed E-state index contributed by atoms with van der Waals surface area (Å²) < 4.78 is 22.3. The third-order valence-corrected chi connectivity index (χ3v) is 2.73. The van der Waals surface area contributed by atoms with E-state index < -0.39 is 20.8 Å². The van der Waals surface area contributed by atoms with Gasteiger partial charge < -0.3 is 11.1 Å². The van der Waals surface area contributed by atoms with E-state index in [4.69, 9.17) is 10.9 Å². The van der Waals surface area contributed by atoms with Crippen LogP contribution in [0.2, 0.25) is 0 Å². The van der Waals surface area contributed by atoms with Crippen LogP contribution in [-0.4, -0.2) is 20.7 Å². The lowest BCUT2D eigenvalue weighted by Crippen LogP contribution is -2.20. The molecule has 0 aliphatic carbocycles. The number of carbonyl (C=O) groups excluding carboxylic acids is 2. The summed E-state index contributed by atoms with van der Waals surface area (Å²) in [6.45, 7) is 0. The number of sulfonamides is 1. The highest BCUT2D eigenvalue weighted by molar-refractivity contribution is 7.89. The predicted molar refractivity (Wildman–Crippen MR) is 56.0 cm³/mol. The van der Waals surface area contributed by atoms with Gasteiger partial charge in [-0.3, -0.25) is 9.59 Å². The number of carbonyl (C=O) groups is 2. The van der Waals surface area contributed by atoms with Gasteiger partial charge in [0.1, 0.15) is 0 Å². The Hall–Kier alpha value is -1.93. The van der Waals surface area contributed by atoms with E-state index in [1.165, 1.54) is 12.1 Å². The summed E-state index contributed by atoms with van der Waals surface area (Å²) in [4.78, 5) is 20.7. The minimum absolute atomic E-state index is 0.198. The third-order valence-electron chi connectivity index (χ3n) is 1.78. The Balaban J connectivity index is 3.44. The topological polar surface area (TPSA) is 132 Å². The number of hydrogen-bond donors (Lipinski definition) is 3. The zero-order valence-electron chi connectivity index (χ0n) is 8.01. The van der Waals surface area contributed by atoms with Crippen molar-refractivity contribution in [3.05, 3.63) is 23.8 Å². The van der Waals surface area contributed by atoms with Crippen LogP contribution in [0.3, 0.4) is 0 Å². The number of benzene rings is 1. The molecule has 0 spiro atoms. The van der Waals surface area contributed by atoms with Crippen molar-refractivity contribution >= 4 is 28.0 Å². The minimum atomic E-state index is -4.08. The van der Waals surface area contributed by atoms with Crippen molar-refractivity contribution in [2.45, 2.75) is 4.90 Å². The Morgan fingerprint density at radius 2 is 2.00 bits per heavy atom. The quantitative estimate of drug-likeness (QED) is 0.585. The van der Waals surface area contributed by atoms with Gasteiger partial charge in [0.25, 0.3) is 0 Å². The molecule has 8 heteroatoms. The minimum Gasteiger partial charge on any atom is -0.366 e. The van der Waals surface area contributed by atoms with Crippen LogP contribution in [-0.2, 0) is 14.8 Å². The van der Waals surface area contributed by atoms with Crippen molar-refractivity contribution in [3.8, 4) is 0 Å². The fourth-order valence-corrected chi connectivity index (χ4v) is 1.89. The lowest BCUT2D eigenvalue weighted by atomic mass is 10.2. The Morgan fingerprint density at radius 1 is 1.38 bits per heavy atom. The molecule has 0 atom stereocenters. The molecule has 2 amide bonds. The lowest BCUT2D eigenvalue weighted by molar-refractivity contribution is -0.105. The van der Waals surface area contributed by atoms with Gasteiger partial charge in [-0.15, -0.1) is 0 Å². The Kier molecular flexibility index (Phi) is 3.25. The first-order valence-electron chi connectivity index (χ1n) is 4.03. The second kappa shape index (κ2) is 4.29. The monoisotopic (exact) mass is 243 g/mol. The highest BCUT2D eigenvalue weighted by Crippen LogP contribution is 2.18. The zero-order chi connectivity index (χ0) is 12.3. The fourth-order valence-electron chi connectivity index (χ4n) is 1.12. The van der Waals surface area contributed by atoms with Crippen LogP contribution in [0.25, 0.3) is 0 Å². The number of amides is 2. The molecule has 0 fully saturated rings. The molecule has 0 saturated heterocycles. The van der Waals surface area contributed by atoms with Crippen molar-refractivity contribution in [2.75, 3.05) is 5.32 Å². The van der Waals surface area contributed by atoms with Crippen LogP contribution in [0.15, 0.2) is 23.1 Å². The summed E-state index contributed by atoms with van der Waals surface area (Å²) in [5.41, 5.74) is 4.96. The summed E-state index contributed by atoms with van der Waals surface area (Å²) in [7, 11) is -4.08. The number of anilines is 1. The maximum atomic E-state index is 11.2. The molecule has 86 valence electrons. The Morgan fingerprint density at radius 3 is 2.44 bits per heavy atom. The first kappa shape index (κ1) is 12.1. The molecule has 7 nitrogen and oxygen atoms in total. The molecule has 0 bridgehead atoms. The van der Waals surface area contributed by atoms with Crippen LogP contribution < -0.4 is 16.2 Å². The van der Waals surface area contributed by atoms with Gasteiger partial charge in [-0.05, 0) is 18.2 Å². The molecule has 0 aliphatic rings. The van der Waals surface area contributed by atoms with Gasteiger partial charge in [0.2, 0.25) is 22.3 Å². The van der Waals surface area contributed by atoms with E-state index in [0.717, 1.165) is 6.07 Å². The largest absolute Gasteiger partial charge is 0.366 e. The molecule has 0 heterocycles. The Bertz CT molecular complexity index is 538. The number of nitrogens with two attached hydrogens (primary N) is 2. The summed E-state index contributed by atoms with van der Waals surface area (Å²) in [6, 6.07) is 3.57. The molecule has 0 aromatic heterocycles. The SMILES string of the molecule is NC(=O)c1ccc(NC=O)cc1S(N)(=O)=O. The van der Waals surface area contributed by atoms with Crippen molar-refractivity contribution < 1.29 is 18.0 Å². The van der Waals surface area contributed by atoms with Gasteiger partial charge in [-0.25, -0.2) is 13.6 Å². The van der Waals surface area contributed by atoms with E-state index in [2.05, 4.69) is 5.32 Å². The maximum absolute atomic E-state index is 11.2. The smallest absolute Gasteiger partial charge is 0.250 e. The van der Waals surface area contributed by atoms with Gasteiger partial charge in [0.15, 0.2) is 0 Å². The molecule has 1 rings (SSSR count). The molecule has 0 saturated carbocycles. The zero-order valence-corrected chi connectivity index (χ0v) is 8.82. The van der Waals surface area contributed by atoms with Gasteiger partial charge in [0.05, 0.1) is 10.5 Å². The van der Waals surface area contributed by atoms with Crippen molar-refractivity contribution in [1.82, 2.24) is 0 Å². The normalized spacial score (nSPS) is 10.8. The number of rotatable bonds is 4. The van der Waals surface area contributed by atoms with Crippen LogP contribution in [0, 0.1) is 0 Å². The molecular weight excluding hydrogens is 234 g/mol. The average molecular weight is 243 g/mol. The molecule has 0 unspecified atom stereocenters. The van der Waals surface area contributed by atoms with Crippen molar-refractivity contribution in [1.29, 1.82) is 0 Å². The van der Waals surface area contributed by atoms with Crippen LogP contribution >= 0.6 is 0 Å². The molecule has 0 aliphatic heterocycles. The van der Waals surface area contributed by atoms with Crippen LogP contribution in [0.5, 0.6) is 0 Å². The molecule has 16 heavy (non-hydrogen) atoms. The van der Waals surface area contributed by atoms with Gasteiger partial charge >= 0.3 is 0 Å². The van der Waals surface area contributed by atoms with Gasteiger partial charge in [-0.1, -0.05) is 0 Å². The van der Waals surface area contributed by atoms with Crippen LogP contribution in [0.4, 0.5) is 5.69 Å². The summed E-state index contributed by atoms with van der Waals surface area (Å²) in [5, 5.41) is 7.14. The van der Waals surface area contributed by atoms with E-state index >= 15 is 0 Å². The van der Waals surface area contributed by atoms with Crippen LogP contribution in [0.1, 0.15) is 10.4 Å². The third kappa shape index (κ3) is 2.55. The van der Waals surface area contributed by atoms with E-state index in [9.17, 15) is 18.0 Å². The molecule has 1 aromatic carbocycles. The second-order valence-electron chi connectivity index (χ2n) is 2.88. The first-order chi connectivity index (χ1) is 7.36. The highest BCUT2D eigenvalue weighted by atomic mass is 32.2. The molecule has 1 aromatic rings. The van der Waals surface area contributed by atoms with Crippen molar-refractivity contribution in [3.63, 3.8) is 0 Å². The van der Waals surface area contributed by atoms with Gasteiger partial charge in [-0.2, -0.15) is 0 Å². The van der Waals surface area contributed by atoms with E-state index in [0.29, 0.717) is 6.41 Å². The van der Waals surface area contributed by atoms with Gasteiger partial charge in [0, 0.05) is 5.69 Å². The average Bonchev–Trinajstić information content (AvgIpc) is 2.16. The first-order valence-corrected chi connectivity index (χ1v) is 5.57. The predicted octanol–water partition coefficient (Wildman–Crippen LogP) is -0.999. The maximum Gasteiger partial charge on any atom is 0.250 e. The number of hydrogen-bond acceptors (Lipinski definition) is 4. The van der Waals surface area contributed by atoms with Crippen molar-refractivity contribution in [2.24, 2.45) is 10.9 Å². The molecular formula is C8H9N3O4S. The van der Waals surface area contributed by atoms with E-state index in [1.807, 2.05) is 0 Å². The number of primary amides is 1. The summed E-state index contributed by atoms with van der Waals surface area (Å²) in [6.07, 6.45) is 0.367. The standard InChI is InChI=1S/C8H9N3O4S/c9-8(13)6-2-1-5(11-4-12)3-7(6)16(10,14)15/h1-4H,(H2,9,13)(H,11,12)(H2,10,14,15). The highest BCUT2D eigenvalue weighted by Gasteiger charge is 2.18. The summed E-state index contributed by atoms with van der Waals surface area (Å²) in [5.74, 6) is -0.915. The summed E-state index contributed by atoms with van der Waals surface area (Å²) >= 11 is 0. The Labute approximate surface area is 91.5 Å². The second-order valence-corrected chi connectivity index (χ2v) is 4.41. The number of primary sulfonamides is 1. The molecule has 5 N–H and O–H groups in total. The van der Waals surface area contributed by atoms with E-state index in [1.54, 1.807) is 0 Å². The fraction of sp³-hybridized carbons (Fsp3) is 0.